The molecule has 3 nitrogen and oxygen atoms in total. The van der Waals surface area contributed by atoms with Gasteiger partial charge >= 0.3 is 0 Å². The third-order valence-corrected chi connectivity index (χ3v) is 2.24. The Kier molecular flexibility index (Phi) is 2.15. The molecule has 0 aliphatic carbocycles. The van der Waals surface area contributed by atoms with E-state index in [-0.39, 0.29) is 6.23 Å². The summed E-state index contributed by atoms with van der Waals surface area (Å²) in [5.74, 6) is 0. The van der Waals surface area contributed by atoms with Gasteiger partial charge in [-0.25, -0.2) is 0 Å². The van der Waals surface area contributed by atoms with E-state index in [9.17, 15) is 0 Å². The lowest BCUT2D eigenvalue weighted by Gasteiger charge is -2.23. The maximum Gasteiger partial charge on any atom is 0.287 e. The summed E-state index contributed by atoms with van der Waals surface area (Å²) in [4.78, 5) is 0. The summed E-state index contributed by atoms with van der Waals surface area (Å²) in [6, 6.07) is 8.19. The SMILES string of the molecule is N#COC1Cc2ccccc2CN1. The molecule has 0 aromatic heterocycles. The van der Waals surface area contributed by atoms with Gasteiger partial charge in [-0.3, -0.25) is 5.32 Å². The van der Waals surface area contributed by atoms with Crippen molar-refractivity contribution in [2.45, 2.75) is 19.2 Å². The van der Waals surface area contributed by atoms with E-state index in [0.717, 1.165) is 13.0 Å². The Labute approximate surface area is 76.9 Å². The summed E-state index contributed by atoms with van der Waals surface area (Å²) in [5.41, 5.74) is 2.56. The first kappa shape index (κ1) is 8.09. The molecular weight excluding hydrogens is 164 g/mol. The van der Waals surface area contributed by atoms with Crippen molar-refractivity contribution in [1.29, 1.82) is 5.26 Å². The lowest BCUT2D eigenvalue weighted by molar-refractivity contribution is 0.118. The monoisotopic (exact) mass is 174 g/mol. The van der Waals surface area contributed by atoms with Gasteiger partial charge in [0.2, 0.25) is 0 Å². The molecule has 1 aromatic carbocycles. The second-order valence-corrected chi connectivity index (χ2v) is 3.05. The van der Waals surface area contributed by atoms with Crippen LogP contribution in [0.2, 0.25) is 0 Å². The molecule has 13 heavy (non-hydrogen) atoms. The van der Waals surface area contributed by atoms with Gasteiger partial charge in [0.05, 0.1) is 0 Å². The van der Waals surface area contributed by atoms with Crippen LogP contribution in [0.3, 0.4) is 0 Å². The van der Waals surface area contributed by atoms with Gasteiger partial charge in [0.25, 0.3) is 6.26 Å². The van der Waals surface area contributed by atoms with E-state index < -0.39 is 0 Å². The van der Waals surface area contributed by atoms with Crippen LogP contribution in [0.1, 0.15) is 11.1 Å². The molecule has 0 saturated heterocycles. The second-order valence-electron chi connectivity index (χ2n) is 3.05. The molecule has 1 atom stereocenters. The van der Waals surface area contributed by atoms with E-state index in [2.05, 4.69) is 17.4 Å². The summed E-state index contributed by atoms with van der Waals surface area (Å²) in [6.07, 6.45) is 2.32. The van der Waals surface area contributed by atoms with Crippen molar-refractivity contribution >= 4 is 0 Å². The zero-order chi connectivity index (χ0) is 9.10. The minimum Gasteiger partial charge on any atom is -0.408 e. The van der Waals surface area contributed by atoms with Gasteiger partial charge in [-0.2, -0.15) is 5.26 Å². The number of nitrogens with zero attached hydrogens (tertiary/aromatic N) is 1. The zero-order valence-electron chi connectivity index (χ0n) is 7.16. The fraction of sp³-hybridized carbons (Fsp3) is 0.300. The molecule has 1 aromatic rings. The average Bonchev–Trinajstić information content (AvgIpc) is 2.18. The molecule has 66 valence electrons. The Morgan fingerprint density at radius 3 is 2.92 bits per heavy atom. The molecule has 3 heteroatoms. The molecule has 0 saturated carbocycles. The first-order valence-corrected chi connectivity index (χ1v) is 4.25. The van der Waals surface area contributed by atoms with Crippen LogP contribution in [-0.4, -0.2) is 6.23 Å². The Hall–Kier alpha value is -1.53. The van der Waals surface area contributed by atoms with Crippen LogP contribution in [0.5, 0.6) is 0 Å². The van der Waals surface area contributed by atoms with Crippen LogP contribution >= 0.6 is 0 Å². The largest absolute Gasteiger partial charge is 0.408 e. The van der Waals surface area contributed by atoms with E-state index in [0.29, 0.717) is 0 Å². The first-order valence-electron chi connectivity index (χ1n) is 4.25. The molecule has 0 bridgehead atoms. The summed E-state index contributed by atoms with van der Waals surface area (Å²) >= 11 is 0. The zero-order valence-corrected chi connectivity index (χ0v) is 7.16. The van der Waals surface area contributed by atoms with Crippen LogP contribution < -0.4 is 5.32 Å². The predicted molar refractivity (Wildman–Crippen MR) is 47.5 cm³/mol. The molecule has 2 rings (SSSR count). The number of hydrogen-bond donors (Lipinski definition) is 1. The third kappa shape index (κ3) is 1.63. The highest BCUT2D eigenvalue weighted by Gasteiger charge is 2.17. The molecule has 1 aliphatic rings. The number of ether oxygens (including phenoxy) is 1. The highest BCUT2D eigenvalue weighted by Crippen LogP contribution is 2.16. The standard InChI is InChI=1S/C10H10N2O/c11-7-13-10-5-8-3-1-2-4-9(8)6-12-10/h1-4,10,12H,5-6H2. The van der Waals surface area contributed by atoms with E-state index in [4.69, 9.17) is 10.00 Å². The molecule has 0 spiro atoms. The van der Waals surface area contributed by atoms with Crippen molar-refractivity contribution in [1.82, 2.24) is 5.32 Å². The van der Waals surface area contributed by atoms with Crippen molar-refractivity contribution in [3.05, 3.63) is 35.4 Å². The molecule has 1 heterocycles. The average molecular weight is 174 g/mol. The Morgan fingerprint density at radius 2 is 2.15 bits per heavy atom. The van der Waals surface area contributed by atoms with Gasteiger partial charge in [-0.1, -0.05) is 24.3 Å². The Morgan fingerprint density at radius 1 is 1.38 bits per heavy atom. The van der Waals surface area contributed by atoms with Crippen LogP contribution in [0.25, 0.3) is 0 Å². The second kappa shape index (κ2) is 3.46. The number of benzene rings is 1. The van der Waals surface area contributed by atoms with Crippen molar-refractivity contribution in [3.63, 3.8) is 0 Å². The van der Waals surface area contributed by atoms with Crippen LogP contribution in [0.15, 0.2) is 24.3 Å². The number of nitriles is 1. The normalized spacial score (nSPS) is 20.1. The topological polar surface area (TPSA) is 45.0 Å². The van der Waals surface area contributed by atoms with E-state index in [1.165, 1.54) is 11.1 Å². The smallest absolute Gasteiger partial charge is 0.287 e. The van der Waals surface area contributed by atoms with Gasteiger partial charge in [0.15, 0.2) is 6.23 Å². The van der Waals surface area contributed by atoms with Crippen molar-refractivity contribution in [2.75, 3.05) is 0 Å². The summed E-state index contributed by atoms with van der Waals surface area (Å²) < 4.78 is 4.83. The summed E-state index contributed by atoms with van der Waals surface area (Å²) in [5, 5.41) is 11.5. The molecular formula is C10H10N2O. The van der Waals surface area contributed by atoms with Crippen molar-refractivity contribution in [2.24, 2.45) is 0 Å². The quantitative estimate of drug-likeness (QED) is 0.650. The van der Waals surface area contributed by atoms with Gasteiger partial charge in [-0.15, -0.1) is 0 Å². The van der Waals surface area contributed by atoms with E-state index in [1.54, 1.807) is 6.26 Å². The van der Waals surface area contributed by atoms with Gasteiger partial charge in [0, 0.05) is 13.0 Å². The first-order chi connectivity index (χ1) is 6.40. The molecule has 0 amide bonds. The Bertz CT molecular complexity index is 343. The fourth-order valence-corrected chi connectivity index (χ4v) is 1.57. The van der Waals surface area contributed by atoms with Crippen LogP contribution in [-0.2, 0) is 17.7 Å². The number of fused-ring (bicyclic) bond motifs is 1. The fourth-order valence-electron chi connectivity index (χ4n) is 1.57. The maximum atomic E-state index is 8.35. The highest BCUT2D eigenvalue weighted by molar-refractivity contribution is 5.29. The van der Waals surface area contributed by atoms with Crippen LogP contribution in [0, 0.1) is 11.5 Å². The summed E-state index contributed by atoms with van der Waals surface area (Å²) in [7, 11) is 0. The number of rotatable bonds is 1. The highest BCUT2D eigenvalue weighted by atomic mass is 16.5. The van der Waals surface area contributed by atoms with Gasteiger partial charge < -0.3 is 4.74 Å². The molecule has 1 aliphatic heterocycles. The molecule has 1 unspecified atom stereocenters. The number of nitrogens with one attached hydrogen (secondary N) is 1. The lowest BCUT2D eigenvalue weighted by atomic mass is 10.0. The predicted octanol–water partition coefficient (Wildman–Crippen LogP) is 1.16. The third-order valence-electron chi connectivity index (χ3n) is 2.24. The van der Waals surface area contributed by atoms with Crippen LogP contribution in [0.4, 0.5) is 0 Å². The molecule has 0 fully saturated rings. The maximum absolute atomic E-state index is 8.35. The van der Waals surface area contributed by atoms with E-state index in [1.807, 2.05) is 12.1 Å². The lowest BCUT2D eigenvalue weighted by Crippen LogP contribution is -2.36. The molecule has 1 N–H and O–H groups in total. The minimum absolute atomic E-state index is 0.153. The summed E-state index contributed by atoms with van der Waals surface area (Å²) in [6.45, 7) is 0.780. The van der Waals surface area contributed by atoms with Crippen molar-refractivity contribution < 1.29 is 4.74 Å². The van der Waals surface area contributed by atoms with Gasteiger partial charge in [-0.05, 0) is 11.1 Å². The number of hydrogen-bond acceptors (Lipinski definition) is 3. The van der Waals surface area contributed by atoms with Gasteiger partial charge in [0.1, 0.15) is 0 Å². The van der Waals surface area contributed by atoms with Crippen molar-refractivity contribution in [3.8, 4) is 6.26 Å². The van der Waals surface area contributed by atoms with E-state index >= 15 is 0 Å². The molecule has 0 radical (unpaired) electrons. The minimum atomic E-state index is -0.153. The Balaban J connectivity index is 2.16.